The lowest BCUT2D eigenvalue weighted by Gasteiger charge is -2.23. The van der Waals surface area contributed by atoms with Crippen LogP contribution in [0.1, 0.15) is 45.6 Å². The molecule has 0 spiro atoms. The van der Waals surface area contributed by atoms with Crippen LogP contribution in [0, 0.1) is 0 Å². The zero-order valence-electron chi connectivity index (χ0n) is 13.1. The monoisotopic (exact) mass is 288 g/mol. The molecule has 1 aliphatic rings. The Hall–Kier alpha value is -1.84. The van der Waals surface area contributed by atoms with Crippen molar-refractivity contribution in [2.24, 2.45) is 0 Å². The van der Waals surface area contributed by atoms with Gasteiger partial charge in [-0.3, -0.25) is 9.59 Å². The average molecular weight is 288 g/mol. The second-order valence-corrected chi connectivity index (χ2v) is 6.61. The molecule has 4 nitrogen and oxygen atoms in total. The summed E-state index contributed by atoms with van der Waals surface area (Å²) in [5.74, 6) is -0.304. The van der Waals surface area contributed by atoms with Crippen molar-refractivity contribution in [3.8, 4) is 0 Å². The molecule has 0 aliphatic carbocycles. The van der Waals surface area contributed by atoms with Crippen LogP contribution in [-0.2, 0) is 15.0 Å². The molecule has 114 valence electrons. The molecule has 1 N–H and O–H groups in total. The lowest BCUT2D eigenvalue weighted by Crippen LogP contribution is -2.31. The third kappa shape index (κ3) is 4.06. The van der Waals surface area contributed by atoms with Crippen molar-refractivity contribution in [1.82, 2.24) is 4.90 Å². The number of amides is 2. The number of likely N-dealkylation sites (tertiary alicyclic amines) is 1. The molecule has 1 aromatic rings. The van der Waals surface area contributed by atoms with Crippen molar-refractivity contribution in [1.29, 1.82) is 0 Å². The van der Waals surface area contributed by atoms with E-state index in [0.29, 0.717) is 0 Å². The maximum absolute atomic E-state index is 12.1. The first-order valence-corrected chi connectivity index (χ1v) is 7.55. The van der Waals surface area contributed by atoms with E-state index in [2.05, 4.69) is 26.1 Å². The summed E-state index contributed by atoms with van der Waals surface area (Å²) in [6.07, 6.45) is 2.01. The SMILES string of the molecule is CC(C)(C)c1ccccc1NC(=O)CC(=O)N1CCCC1. The minimum absolute atomic E-state index is 0.0527. The quantitative estimate of drug-likeness (QED) is 0.869. The van der Waals surface area contributed by atoms with Crippen LogP contribution < -0.4 is 5.32 Å². The van der Waals surface area contributed by atoms with Crippen LogP contribution in [0.3, 0.4) is 0 Å². The smallest absolute Gasteiger partial charge is 0.233 e. The molecule has 1 heterocycles. The second-order valence-electron chi connectivity index (χ2n) is 6.61. The van der Waals surface area contributed by atoms with E-state index in [4.69, 9.17) is 0 Å². The normalized spacial score (nSPS) is 15.1. The number of anilines is 1. The minimum atomic E-state index is -0.233. The molecule has 1 saturated heterocycles. The number of carbonyl (C=O) groups is 2. The van der Waals surface area contributed by atoms with Gasteiger partial charge in [-0.05, 0) is 29.9 Å². The topological polar surface area (TPSA) is 49.4 Å². The Morgan fingerprint density at radius 1 is 1.14 bits per heavy atom. The number of benzene rings is 1. The van der Waals surface area contributed by atoms with Crippen LogP contribution in [0.25, 0.3) is 0 Å². The van der Waals surface area contributed by atoms with Crippen LogP contribution in [0.15, 0.2) is 24.3 Å². The van der Waals surface area contributed by atoms with Crippen molar-refractivity contribution >= 4 is 17.5 Å². The highest BCUT2D eigenvalue weighted by atomic mass is 16.2. The molecular weight excluding hydrogens is 264 g/mol. The highest BCUT2D eigenvalue weighted by molar-refractivity contribution is 6.04. The zero-order chi connectivity index (χ0) is 15.5. The molecule has 21 heavy (non-hydrogen) atoms. The average Bonchev–Trinajstić information content (AvgIpc) is 2.91. The number of hydrogen-bond acceptors (Lipinski definition) is 2. The first-order chi connectivity index (χ1) is 9.88. The number of hydrogen-bond donors (Lipinski definition) is 1. The van der Waals surface area contributed by atoms with Crippen molar-refractivity contribution in [2.45, 2.75) is 45.4 Å². The number of nitrogens with zero attached hydrogens (tertiary/aromatic N) is 1. The van der Waals surface area contributed by atoms with E-state index in [0.717, 1.165) is 37.2 Å². The Bertz CT molecular complexity index is 526. The van der Waals surface area contributed by atoms with Gasteiger partial charge in [-0.1, -0.05) is 39.0 Å². The van der Waals surface area contributed by atoms with Gasteiger partial charge in [-0.25, -0.2) is 0 Å². The van der Waals surface area contributed by atoms with Gasteiger partial charge in [0.1, 0.15) is 6.42 Å². The largest absolute Gasteiger partial charge is 0.342 e. The molecule has 0 atom stereocenters. The first-order valence-electron chi connectivity index (χ1n) is 7.55. The lowest BCUT2D eigenvalue weighted by atomic mass is 9.86. The van der Waals surface area contributed by atoms with E-state index in [1.807, 2.05) is 24.3 Å². The summed E-state index contributed by atoms with van der Waals surface area (Å²) in [6.45, 7) is 7.88. The number of rotatable bonds is 3. The van der Waals surface area contributed by atoms with Gasteiger partial charge in [0.05, 0.1) is 0 Å². The Balaban J connectivity index is 2.01. The maximum atomic E-state index is 12.1. The van der Waals surface area contributed by atoms with Gasteiger partial charge in [0.15, 0.2) is 0 Å². The van der Waals surface area contributed by atoms with Gasteiger partial charge < -0.3 is 10.2 Å². The number of nitrogens with one attached hydrogen (secondary N) is 1. The third-order valence-corrected chi connectivity index (χ3v) is 3.78. The summed E-state index contributed by atoms with van der Waals surface area (Å²) in [7, 11) is 0. The van der Waals surface area contributed by atoms with E-state index < -0.39 is 0 Å². The van der Waals surface area contributed by atoms with Gasteiger partial charge in [0, 0.05) is 18.8 Å². The third-order valence-electron chi connectivity index (χ3n) is 3.78. The molecule has 0 aromatic heterocycles. The fourth-order valence-electron chi connectivity index (χ4n) is 2.66. The summed E-state index contributed by atoms with van der Waals surface area (Å²) >= 11 is 0. The van der Waals surface area contributed by atoms with Crippen molar-refractivity contribution in [3.05, 3.63) is 29.8 Å². The molecule has 2 rings (SSSR count). The Morgan fingerprint density at radius 3 is 2.38 bits per heavy atom. The van der Waals surface area contributed by atoms with Crippen LogP contribution >= 0.6 is 0 Å². The maximum Gasteiger partial charge on any atom is 0.233 e. The predicted molar refractivity (Wildman–Crippen MR) is 84.2 cm³/mol. The number of para-hydroxylation sites is 1. The fraction of sp³-hybridized carbons (Fsp3) is 0.529. The molecule has 1 aromatic carbocycles. The lowest BCUT2D eigenvalue weighted by molar-refractivity contribution is -0.133. The van der Waals surface area contributed by atoms with E-state index in [9.17, 15) is 9.59 Å². The van der Waals surface area contributed by atoms with Gasteiger partial charge in [-0.15, -0.1) is 0 Å². The Kier molecular flexibility index (Phi) is 4.66. The molecule has 0 unspecified atom stereocenters. The Labute approximate surface area is 126 Å². The molecule has 4 heteroatoms. The summed E-state index contributed by atoms with van der Waals surface area (Å²) in [6, 6.07) is 7.76. The van der Waals surface area contributed by atoms with Crippen LogP contribution in [0.4, 0.5) is 5.69 Å². The first kappa shape index (κ1) is 15.5. The van der Waals surface area contributed by atoms with Gasteiger partial charge >= 0.3 is 0 Å². The van der Waals surface area contributed by atoms with E-state index >= 15 is 0 Å². The molecule has 1 fully saturated rings. The molecule has 2 amide bonds. The van der Waals surface area contributed by atoms with E-state index in [-0.39, 0.29) is 23.7 Å². The van der Waals surface area contributed by atoms with E-state index in [1.165, 1.54) is 0 Å². The second kappa shape index (κ2) is 6.29. The predicted octanol–water partition coefficient (Wildman–Crippen LogP) is 2.94. The molecular formula is C17H24N2O2. The van der Waals surface area contributed by atoms with E-state index in [1.54, 1.807) is 4.90 Å². The van der Waals surface area contributed by atoms with Crippen LogP contribution in [0.5, 0.6) is 0 Å². The van der Waals surface area contributed by atoms with Crippen molar-refractivity contribution in [2.75, 3.05) is 18.4 Å². The summed E-state index contributed by atoms with van der Waals surface area (Å²) in [5, 5.41) is 2.89. The summed E-state index contributed by atoms with van der Waals surface area (Å²) in [5.41, 5.74) is 1.82. The summed E-state index contributed by atoms with van der Waals surface area (Å²) in [4.78, 5) is 25.9. The highest BCUT2D eigenvalue weighted by Crippen LogP contribution is 2.29. The van der Waals surface area contributed by atoms with Crippen molar-refractivity contribution in [3.63, 3.8) is 0 Å². The van der Waals surface area contributed by atoms with Crippen LogP contribution in [0.2, 0.25) is 0 Å². The molecule has 1 aliphatic heterocycles. The minimum Gasteiger partial charge on any atom is -0.342 e. The highest BCUT2D eigenvalue weighted by Gasteiger charge is 2.22. The fourth-order valence-corrected chi connectivity index (χ4v) is 2.66. The van der Waals surface area contributed by atoms with Gasteiger partial charge in [-0.2, -0.15) is 0 Å². The van der Waals surface area contributed by atoms with Crippen molar-refractivity contribution < 1.29 is 9.59 Å². The van der Waals surface area contributed by atoms with Crippen LogP contribution in [-0.4, -0.2) is 29.8 Å². The zero-order valence-corrected chi connectivity index (χ0v) is 13.1. The standard InChI is InChI=1S/C17H24N2O2/c1-17(2,3)13-8-4-5-9-14(13)18-15(20)12-16(21)19-10-6-7-11-19/h4-5,8-9H,6-7,10-12H2,1-3H3,(H,18,20). The molecule has 0 radical (unpaired) electrons. The Morgan fingerprint density at radius 2 is 1.76 bits per heavy atom. The van der Waals surface area contributed by atoms with Gasteiger partial charge in [0.2, 0.25) is 11.8 Å². The molecule has 0 bridgehead atoms. The molecule has 0 saturated carbocycles. The number of carbonyl (C=O) groups excluding carboxylic acids is 2. The van der Waals surface area contributed by atoms with Gasteiger partial charge in [0.25, 0.3) is 0 Å². The summed E-state index contributed by atoms with van der Waals surface area (Å²) < 4.78 is 0.